The van der Waals surface area contributed by atoms with Gasteiger partial charge in [-0.25, -0.2) is 13.8 Å². The third kappa shape index (κ3) is 4.25. The van der Waals surface area contributed by atoms with Crippen LogP contribution in [-0.4, -0.2) is 46.4 Å². The average molecular weight is 429 g/mol. The van der Waals surface area contributed by atoms with Gasteiger partial charge < -0.3 is 20.3 Å². The Balaban J connectivity index is 1.44. The largest absolute Gasteiger partial charge is 0.491 e. The van der Waals surface area contributed by atoms with Crippen molar-refractivity contribution in [3.63, 3.8) is 0 Å². The first kappa shape index (κ1) is 20.5. The van der Waals surface area contributed by atoms with Crippen LogP contribution in [0.3, 0.4) is 0 Å². The molecular weight excluding hydrogens is 408 g/mol. The molecule has 31 heavy (non-hydrogen) atoms. The van der Waals surface area contributed by atoms with E-state index in [4.69, 9.17) is 4.74 Å². The molecule has 0 spiro atoms. The summed E-state index contributed by atoms with van der Waals surface area (Å²) < 4.78 is 34.0. The molecule has 3 heterocycles. The van der Waals surface area contributed by atoms with E-state index in [-0.39, 0.29) is 19.0 Å². The first-order valence-corrected chi connectivity index (χ1v) is 9.50. The summed E-state index contributed by atoms with van der Waals surface area (Å²) in [6.07, 6.45) is 3.42. The lowest BCUT2D eigenvalue weighted by Crippen LogP contribution is -2.36. The summed E-state index contributed by atoms with van der Waals surface area (Å²) >= 11 is 0. The zero-order chi connectivity index (χ0) is 22.1. The quantitative estimate of drug-likeness (QED) is 0.621. The molecule has 162 valence electrons. The summed E-state index contributed by atoms with van der Waals surface area (Å²) in [7, 11) is 3.01. The number of halogens is 2. The predicted molar refractivity (Wildman–Crippen MR) is 110 cm³/mol. The van der Waals surface area contributed by atoms with Crippen molar-refractivity contribution in [3.05, 3.63) is 53.0 Å². The summed E-state index contributed by atoms with van der Waals surface area (Å²) in [4.78, 5) is 22.3. The molecular formula is C20H21F2N7O2. The molecule has 0 saturated heterocycles. The van der Waals surface area contributed by atoms with Crippen molar-refractivity contribution in [2.24, 2.45) is 0 Å². The Labute approximate surface area is 177 Å². The van der Waals surface area contributed by atoms with E-state index in [1.807, 2.05) is 0 Å². The van der Waals surface area contributed by atoms with Crippen molar-refractivity contribution in [2.45, 2.75) is 20.0 Å². The van der Waals surface area contributed by atoms with Crippen LogP contribution in [0.4, 0.5) is 26.2 Å². The van der Waals surface area contributed by atoms with Crippen molar-refractivity contribution in [2.75, 3.05) is 36.2 Å². The number of hydrogen-bond acceptors (Lipinski definition) is 7. The normalized spacial score (nSPS) is 13.1. The monoisotopic (exact) mass is 429 g/mol. The van der Waals surface area contributed by atoms with Crippen molar-refractivity contribution in [1.29, 1.82) is 0 Å². The van der Waals surface area contributed by atoms with Gasteiger partial charge in [0, 0.05) is 25.4 Å². The molecule has 3 aromatic rings. The number of fused-ring (bicyclic) bond motifs is 1. The molecule has 0 aliphatic carbocycles. The smallest absolute Gasteiger partial charge is 0.244 e. The van der Waals surface area contributed by atoms with E-state index < -0.39 is 17.4 Å². The van der Waals surface area contributed by atoms with Gasteiger partial charge in [-0.05, 0) is 24.6 Å². The van der Waals surface area contributed by atoms with Gasteiger partial charge in [-0.1, -0.05) is 0 Å². The van der Waals surface area contributed by atoms with E-state index in [9.17, 15) is 13.6 Å². The Morgan fingerprint density at radius 1 is 1.23 bits per heavy atom. The molecule has 0 unspecified atom stereocenters. The summed E-state index contributed by atoms with van der Waals surface area (Å²) in [6, 6.07) is 2.45. The Bertz CT molecular complexity index is 1130. The summed E-state index contributed by atoms with van der Waals surface area (Å²) in [5.41, 5.74) is 2.54. The molecule has 1 aliphatic rings. The van der Waals surface area contributed by atoms with E-state index in [1.54, 1.807) is 35.9 Å². The molecule has 0 atom stereocenters. The lowest BCUT2D eigenvalue weighted by atomic mass is 10.2. The van der Waals surface area contributed by atoms with Crippen LogP contribution in [0.2, 0.25) is 0 Å². The Kier molecular flexibility index (Phi) is 5.40. The van der Waals surface area contributed by atoms with Gasteiger partial charge in [-0.3, -0.25) is 9.48 Å². The Morgan fingerprint density at radius 2 is 1.97 bits per heavy atom. The van der Waals surface area contributed by atoms with Crippen LogP contribution >= 0.6 is 0 Å². The molecule has 9 nitrogen and oxygen atoms in total. The van der Waals surface area contributed by atoms with Crippen LogP contribution < -0.4 is 20.3 Å². The minimum atomic E-state index is -0.757. The molecule has 2 aromatic heterocycles. The summed E-state index contributed by atoms with van der Waals surface area (Å²) in [6.45, 7) is 2.63. The van der Waals surface area contributed by atoms with Gasteiger partial charge in [-0.2, -0.15) is 10.1 Å². The van der Waals surface area contributed by atoms with Gasteiger partial charge in [0.1, 0.15) is 5.69 Å². The molecule has 2 N–H and O–H groups in total. The minimum absolute atomic E-state index is 0.105. The number of nitrogens with zero attached hydrogens (tertiary/aromatic N) is 5. The molecule has 0 fully saturated rings. The summed E-state index contributed by atoms with van der Waals surface area (Å²) in [5, 5.41) is 10.2. The number of rotatable bonds is 6. The van der Waals surface area contributed by atoms with Gasteiger partial charge >= 0.3 is 0 Å². The van der Waals surface area contributed by atoms with E-state index in [0.717, 1.165) is 5.56 Å². The highest BCUT2D eigenvalue weighted by Gasteiger charge is 2.23. The van der Waals surface area contributed by atoms with Crippen molar-refractivity contribution in [3.8, 4) is 5.75 Å². The van der Waals surface area contributed by atoms with Crippen LogP contribution in [0.1, 0.15) is 16.8 Å². The predicted octanol–water partition coefficient (Wildman–Crippen LogP) is 2.32. The number of aromatic nitrogens is 4. The third-order valence-electron chi connectivity index (χ3n) is 4.82. The van der Waals surface area contributed by atoms with Gasteiger partial charge in [0.15, 0.2) is 23.2 Å². The standard InChI is InChI=1S/C20H21F2N7O2/c1-11-17-19(28(2)10-16(30)26-17)27-20(25-11)23-6-13-7-24-29(9-13)8-12-4-14(21)18(31-3)15(22)5-12/h4-5,7,9H,6,8,10H2,1-3H3,(H,26,30)(H,23,25,27). The van der Waals surface area contributed by atoms with Crippen LogP contribution in [-0.2, 0) is 17.9 Å². The number of methoxy groups -OCH3 is 1. The fourth-order valence-electron chi connectivity index (χ4n) is 3.38. The fourth-order valence-corrected chi connectivity index (χ4v) is 3.38. The van der Waals surface area contributed by atoms with Crippen LogP contribution in [0.15, 0.2) is 24.5 Å². The van der Waals surface area contributed by atoms with E-state index in [0.29, 0.717) is 35.3 Å². The maximum atomic E-state index is 13.9. The molecule has 1 aromatic carbocycles. The second-order valence-corrected chi connectivity index (χ2v) is 7.23. The zero-order valence-corrected chi connectivity index (χ0v) is 17.2. The van der Waals surface area contributed by atoms with Gasteiger partial charge in [0.25, 0.3) is 0 Å². The van der Waals surface area contributed by atoms with Crippen molar-refractivity contribution in [1.82, 2.24) is 19.7 Å². The van der Waals surface area contributed by atoms with Gasteiger partial charge in [0.2, 0.25) is 11.9 Å². The number of amides is 1. The first-order valence-electron chi connectivity index (χ1n) is 9.50. The lowest BCUT2D eigenvalue weighted by molar-refractivity contribution is -0.115. The topological polar surface area (TPSA) is 97.2 Å². The van der Waals surface area contributed by atoms with Crippen LogP contribution in [0, 0.1) is 18.6 Å². The van der Waals surface area contributed by atoms with E-state index >= 15 is 0 Å². The molecule has 1 aliphatic heterocycles. The number of nitrogens with one attached hydrogen (secondary N) is 2. The fraction of sp³-hybridized carbons (Fsp3) is 0.300. The Hall–Kier alpha value is -3.76. The minimum Gasteiger partial charge on any atom is -0.491 e. The number of ether oxygens (including phenoxy) is 1. The van der Waals surface area contributed by atoms with Gasteiger partial charge in [-0.15, -0.1) is 0 Å². The zero-order valence-electron chi connectivity index (χ0n) is 17.2. The highest BCUT2D eigenvalue weighted by Crippen LogP contribution is 2.29. The molecule has 0 radical (unpaired) electrons. The van der Waals surface area contributed by atoms with Gasteiger partial charge in [0.05, 0.1) is 32.1 Å². The van der Waals surface area contributed by atoms with E-state index in [2.05, 4.69) is 25.7 Å². The maximum absolute atomic E-state index is 13.9. The molecule has 0 bridgehead atoms. The lowest BCUT2D eigenvalue weighted by Gasteiger charge is -2.27. The molecule has 11 heteroatoms. The third-order valence-corrected chi connectivity index (χ3v) is 4.82. The second kappa shape index (κ2) is 8.17. The van der Waals surface area contributed by atoms with Crippen molar-refractivity contribution < 1.29 is 18.3 Å². The highest BCUT2D eigenvalue weighted by atomic mass is 19.1. The number of benzene rings is 1. The van der Waals surface area contributed by atoms with Crippen LogP contribution in [0.5, 0.6) is 5.75 Å². The van der Waals surface area contributed by atoms with Crippen LogP contribution in [0.25, 0.3) is 0 Å². The summed E-state index contributed by atoms with van der Waals surface area (Å²) in [5.74, 6) is -0.952. The van der Waals surface area contributed by atoms with E-state index in [1.165, 1.54) is 19.2 Å². The Morgan fingerprint density at radius 3 is 2.68 bits per heavy atom. The number of carbonyl (C=O) groups is 1. The molecule has 0 saturated carbocycles. The SMILES string of the molecule is COc1c(F)cc(Cn2cc(CNc3nc(C)c4c(n3)N(C)CC(=O)N4)cn2)cc1F. The number of carbonyl (C=O) groups excluding carboxylic acids is 1. The maximum Gasteiger partial charge on any atom is 0.244 e. The number of hydrogen-bond donors (Lipinski definition) is 2. The highest BCUT2D eigenvalue weighted by molar-refractivity contribution is 6.00. The molecule has 4 rings (SSSR count). The average Bonchev–Trinajstić information content (AvgIpc) is 3.14. The molecule has 1 amide bonds. The number of aryl methyl sites for hydroxylation is 1. The number of anilines is 3. The van der Waals surface area contributed by atoms with Crippen molar-refractivity contribution >= 4 is 23.4 Å². The second-order valence-electron chi connectivity index (χ2n) is 7.23. The number of likely N-dealkylation sites (N-methyl/N-ethyl adjacent to an activating group) is 1. The first-order chi connectivity index (χ1) is 14.8.